The molecule has 1 saturated heterocycles. The molecule has 2 unspecified atom stereocenters. The summed E-state index contributed by atoms with van der Waals surface area (Å²) in [6.07, 6.45) is 0. The summed E-state index contributed by atoms with van der Waals surface area (Å²) in [5.41, 5.74) is 0. The first-order chi connectivity index (χ1) is 6.29. The van der Waals surface area contributed by atoms with Crippen molar-refractivity contribution in [2.24, 2.45) is 0 Å². The number of nitrogens with one attached hydrogen (secondary N) is 2. The summed E-state index contributed by atoms with van der Waals surface area (Å²) in [5, 5.41) is 6.99. The molecule has 0 aromatic rings. The first kappa shape index (κ1) is 11.0. The van der Waals surface area contributed by atoms with E-state index in [1.807, 2.05) is 0 Å². The molecular formula is C10H23N3. The molecule has 1 aliphatic rings. The molecule has 1 heterocycles. The van der Waals surface area contributed by atoms with E-state index < -0.39 is 0 Å². The van der Waals surface area contributed by atoms with Gasteiger partial charge in [0.15, 0.2) is 0 Å². The molecule has 0 aliphatic carbocycles. The van der Waals surface area contributed by atoms with Crippen molar-refractivity contribution in [1.82, 2.24) is 15.5 Å². The van der Waals surface area contributed by atoms with Crippen molar-refractivity contribution in [3.05, 3.63) is 0 Å². The zero-order valence-electron chi connectivity index (χ0n) is 9.14. The molecular weight excluding hydrogens is 162 g/mol. The Morgan fingerprint density at radius 2 is 2.00 bits per heavy atom. The van der Waals surface area contributed by atoms with Crippen LogP contribution in [0.5, 0.6) is 0 Å². The highest BCUT2D eigenvalue weighted by molar-refractivity contribution is 4.85. The van der Waals surface area contributed by atoms with Crippen LogP contribution in [0.1, 0.15) is 20.8 Å². The predicted molar refractivity (Wildman–Crippen MR) is 57.0 cm³/mol. The largest absolute Gasteiger partial charge is 0.314 e. The molecule has 0 aromatic carbocycles. The molecule has 0 amide bonds. The maximum absolute atomic E-state index is 3.56. The predicted octanol–water partition coefficient (Wildman–Crippen LogP) is 0.278. The molecule has 0 radical (unpaired) electrons. The van der Waals surface area contributed by atoms with Crippen LogP contribution in [0.15, 0.2) is 0 Å². The normalized spacial score (nSPS) is 26.3. The number of hydrogen-bond donors (Lipinski definition) is 2. The monoisotopic (exact) mass is 185 g/mol. The van der Waals surface area contributed by atoms with Crippen LogP contribution in [0.4, 0.5) is 0 Å². The zero-order valence-corrected chi connectivity index (χ0v) is 9.14. The molecule has 13 heavy (non-hydrogen) atoms. The maximum Gasteiger partial charge on any atom is 0.0346 e. The van der Waals surface area contributed by atoms with E-state index >= 15 is 0 Å². The topological polar surface area (TPSA) is 27.3 Å². The van der Waals surface area contributed by atoms with Gasteiger partial charge in [-0.25, -0.2) is 0 Å². The number of hydrogen-bond acceptors (Lipinski definition) is 3. The molecule has 0 spiro atoms. The van der Waals surface area contributed by atoms with Crippen LogP contribution in [0.3, 0.4) is 0 Å². The van der Waals surface area contributed by atoms with Crippen molar-refractivity contribution in [2.45, 2.75) is 32.9 Å². The summed E-state index contributed by atoms with van der Waals surface area (Å²) >= 11 is 0. The Hall–Kier alpha value is -0.120. The minimum atomic E-state index is 0.619. The highest BCUT2D eigenvalue weighted by Crippen LogP contribution is 2.04. The van der Waals surface area contributed by atoms with Gasteiger partial charge in [0.25, 0.3) is 0 Å². The van der Waals surface area contributed by atoms with Crippen molar-refractivity contribution in [2.75, 3.05) is 32.7 Å². The fourth-order valence-corrected chi connectivity index (χ4v) is 2.07. The highest BCUT2D eigenvalue weighted by Gasteiger charge is 2.22. The van der Waals surface area contributed by atoms with Crippen LogP contribution in [-0.2, 0) is 0 Å². The van der Waals surface area contributed by atoms with Gasteiger partial charge in [-0.3, -0.25) is 4.90 Å². The van der Waals surface area contributed by atoms with Gasteiger partial charge in [-0.05, 0) is 20.0 Å². The fourth-order valence-electron chi connectivity index (χ4n) is 2.07. The maximum atomic E-state index is 3.56. The lowest BCUT2D eigenvalue weighted by atomic mass is 10.1. The average molecular weight is 185 g/mol. The molecule has 1 fully saturated rings. The van der Waals surface area contributed by atoms with Gasteiger partial charge in [-0.2, -0.15) is 0 Å². The van der Waals surface area contributed by atoms with Crippen LogP contribution < -0.4 is 10.6 Å². The lowest BCUT2D eigenvalue weighted by Crippen LogP contribution is -2.57. The lowest BCUT2D eigenvalue weighted by molar-refractivity contribution is 0.175. The Kier molecular flexibility index (Phi) is 4.70. The Morgan fingerprint density at radius 3 is 2.46 bits per heavy atom. The quantitative estimate of drug-likeness (QED) is 0.659. The molecule has 1 rings (SSSR count). The van der Waals surface area contributed by atoms with E-state index in [0.717, 1.165) is 32.7 Å². The third-order valence-corrected chi connectivity index (χ3v) is 3.04. The van der Waals surface area contributed by atoms with E-state index in [9.17, 15) is 0 Å². The minimum Gasteiger partial charge on any atom is -0.314 e. The summed E-state index contributed by atoms with van der Waals surface area (Å²) in [7, 11) is 0. The van der Waals surface area contributed by atoms with Crippen LogP contribution in [0.2, 0.25) is 0 Å². The van der Waals surface area contributed by atoms with Crippen molar-refractivity contribution in [3.63, 3.8) is 0 Å². The minimum absolute atomic E-state index is 0.619. The second-order valence-corrected chi connectivity index (χ2v) is 3.73. The summed E-state index contributed by atoms with van der Waals surface area (Å²) in [6.45, 7) is 12.4. The Bertz CT molecular complexity index is 128. The average Bonchev–Trinajstić information content (AvgIpc) is 2.21. The van der Waals surface area contributed by atoms with Crippen molar-refractivity contribution in [1.29, 1.82) is 0 Å². The smallest absolute Gasteiger partial charge is 0.0346 e. The number of piperazine rings is 1. The molecule has 2 N–H and O–H groups in total. The lowest BCUT2D eigenvalue weighted by Gasteiger charge is -2.36. The highest BCUT2D eigenvalue weighted by atomic mass is 15.2. The van der Waals surface area contributed by atoms with Gasteiger partial charge >= 0.3 is 0 Å². The molecule has 3 nitrogen and oxygen atoms in total. The van der Waals surface area contributed by atoms with Gasteiger partial charge < -0.3 is 10.6 Å². The molecule has 3 heteroatoms. The van der Waals surface area contributed by atoms with Crippen LogP contribution >= 0.6 is 0 Å². The van der Waals surface area contributed by atoms with Gasteiger partial charge in [0.05, 0.1) is 0 Å². The van der Waals surface area contributed by atoms with Crippen molar-refractivity contribution in [3.8, 4) is 0 Å². The van der Waals surface area contributed by atoms with Crippen LogP contribution in [0.25, 0.3) is 0 Å². The summed E-state index contributed by atoms with van der Waals surface area (Å²) < 4.78 is 0. The second kappa shape index (κ2) is 5.58. The Morgan fingerprint density at radius 1 is 1.31 bits per heavy atom. The van der Waals surface area contributed by atoms with Crippen molar-refractivity contribution < 1.29 is 0 Å². The molecule has 78 valence electrons. The summed E-state index contributed by atoms with van der Waals surface area (Å²) in [6, 6.07) is 1.26. The number of rotatable bonds is 4. The Labute approximate surface area is 81.9 Å². The van der Waals surface area contributed by atoms with Gasteiger partial charge in [0.1, 0.15) is 0 Å². The third kappa shape index (κ3) is 2.93. The molecule has 0 saturated carbocycles. The molecule has 2 atom stereocenters. The van der Waals surface area contributed by atoms with Gasteiger partial charge in [0, 0.05) is 31.7 Å². The second-order valence-electron chi connectivity index (χ2n) is 3.73. The Balaban J connectivity index is 2.38. The van der Waals surface area contributed by atoms with Gasteiger partial charge in [-0.15, -0.1) is 0 Å². The van der Waals surface area contributed by atoms with E-state index in [2.05, 4.69) is 36.3 Å². The van der Waals surface area contributed by atoms with E-state index in [0.29, 0.717) is 12.1 Å². The van der Waals surface area contributed by atoms with Crippen LogP contribution in [-0.4, -0.2) is 49.7 Å². The van der Waals surface area contributed by atoms with Gasteiger partial charge in [0.2, 0.25) is 0 Å². The summed E-state index contributed by atoms with van der Waals surface area (Å²) in [4.78, 5) is 2.50. The van der Waals surface area contributed by atoms with E-state index in [1.165, 1.54) is 0 Å². The zero-order chi connectivity index (χ0) is 9.68. The summed E-state index contributed by atoms with van der Waals surface area (Å²) in [5.74, 6) is 0. The van der Waals surface area contributed by atoms with E-state index in [-0.39, 0.29) is 0 Å². The molecule has 0 bridgehead atoms. The van der Waals surface area contributed by atoms with Crippen molar-refractivity contribution >= 4 is 0 Å². The van der Waals surface area contributed by atoms with Crippen LogP contribution in [0, 0.1) is 0 Å². The van der Waals surface area contributed by atoms with E-state index in [1.54, 1.807) is 0 Å². The standard InChI is InChI=1S/C10H23N3/c1-4-13(5-2)9(3)10-8-11-6-7-12-10/h9-12H,4-8H2,1-3H3. The molecule has 0 aromatic heterocycles. The SMILES string of the molecule is CCN(CC)C(C)C1CNCCN1. The first-order valence-corrected chi connectivity index (χ1v) is 5.47. The third-order valence-electron chi connectivity index (χ3n) is 3.04. The number of likely N-dealkylation sites (N-methyl/N-ethyl adjacent to an activating group) is 1. The molecule has 1 aliphatic heterocycles. The fraction of sp³-hybridized carbons (Fsp3) is 1.00. The van der Waals surface area contributed by atoms with Gasteiger partial charge in [-0.1, -0.05) is 13.8 Å². The van der Waals surface area contributed by atoms with E-state index in [4.69, 9.17) is 0 Å². The first-order valence-electron chi connectivity index (χ1n) is 5.47. The number of nitrogens with zero attached hydrogens (tertiary/aromatic N) is 1.